The molecule has 0 aliphatic carbocycles. The van der Waals surface area contributed by atoms with E-state index in [4.69, 9.17) is 29.4 Å². The second-order valence-corrected chi connectivity index (χ2v) is 11.6. The number of nitrogens with two attached hydrogens (primary N) is 1. The third-order valence-electron chi connectivity index (χ3n) is 7.91. The molecule has 17 nitrogen and oxygen atoms in total. The van der Waals surface area contributed by atoms with Crippen molar-refractivity contribution in [3.8, 4) is 34.3 Å². The Morgan fingerprint density at radius 1 is 0.827 bits per heavy atom. The summed E-state index contributed by atoms with van der Waals surface area (Å²) in [7, 11) is 3.45. The van der Waals surface area contributed by atoms with Gasteiger partial charge in [-0.05, 0) is 12.1 Å². The highest BCUT2D eigenvalue weighted by atomic mass is 35.5. The van der Waals surface area contributed by atoms with Crippen molar-refractivity contribution in [2.24, 2.45) is 19.8 Å². The number of carboxylic acids is 1. The maximum Gasteiger partial charge on any atom is 0.338 e. The minimum Gasteiger partial charge on any atom is -0.491 e. The molecule has 52 heavy (non-hydrogen) atoms. The fourth-order valence-corrected chi connectivity index (χ4v) is 5.19. The first kappa shape index (κ1) is 37.2. The summed E-state index contributed by atoms with van der Waals surface area (Å²) in [6.45, 7) is 4.85. The second kappa shape index (κ2) is 16.3. The molecule has 18 heteroatoms. The van der Waals surface area contributed by atoms with E-state index in [1.165, 1.54) is 23.3 Å². The molecule has 0 bridgehead atoms. The van der Waals surface area contributed by atoms with Crippen molar-refractivity contribution in [3.63, 3.8) is 0 Å². The summed E-state index contributed by atoms with van der Waals surface area (Å²) < 4.78 is 24.5. The fraction of sp³-hybridized carbons (Fsp3) is 0.294. The Bertz CT molecular complexity index is 2160. The molecule has 0 spiro atoms. The number of rotatable bonds is 7. The van der Waals surface area contributed by atoms with E-state index in [1.807, 2.05) is 50.2 Å². The summed E-state index contributed by atoms with van der Waals surface area (Å²) in [5.74, 6) is 2.78. The van der Waals surface area contributed by atoms with Crippen LogP contribution in [0.5, 0.6) is 11.5 Å². The molecule has 4 aromatic heterocycles. The number of hydrogen-bond acceptors (Lipinski definition) is 13. The average Bonchev–Trinajstić information content (AvgIpc) is 3.99. The summed E-state index contributed by atoms with van der Waals surface area (Å²) in [5, 5.41) is 26.9. The molecular weight excluding hydrogens is 696 g/mol. The summed E-state index contributed by atoms with van der Waals surface area (Å²) in [5.41, 5.74) is 10.3. The van der Waals surface area contributed by atoms with Gasteiger partial charge in [-0.2, -0.15) is 20.2 Å². The van der Waals surface area contributed by atoms with Gasteiger partial charge in [-0.1, -0.05) is 48.4 Å². The van der Waals surface area contributed by atoms with Gasteiger partial charge in [0.2, 0.25) is 23.4 Å². The van der Waals surface area contributed by atoms with E-state index in [9.17, 15) is 9.59 Å². The molecule has 2 aliphatic heterocycles. The van der Waals surface area contributed by atoms with Crippen molar-refractivity contribution in [3.05, 3.63) is 95.2 Å². The summed E-state index contributed by atoms with van der Waals surface area (Å²) in [6.07, 6.45) is 7.40. The van der Waals surface area contributed by atoms with Crippen LogP contribution in [0.2, 0.25) is 0 Å². The van der Waals surface area contributed by atoms with Gasteiger partial charge in [0.1, 0.15) is 24.7 Å². The first-order valence-electron chi connectivity index (χ1n) is 16.1. The Morgan fingerprint density at radius 2 is 1.35 bits per heavy atom. The fourth-order valence-electron chi connectivity index (χ4n) is 5.19. The van der Waals surface area contributed by atoms with Crippen molar-refractivity contribution >= 4 is 24.3 Å². The zero-order valence-corrected chi connectivity index (χ0v) is 29.5. The van der Waals surface area contributed by atoms with Gasteiger partial charge >= 0.3 is 5.97 Å². The van der Waals surface area contributed by atoms with Crippen LogP contribution in [-0.2, 0) is 26.9 Å². The van der Waals surface area contributed by atoms with E-state index in [2.05, 4.69) is 35.8 Å². The van der Waals surface area contributed by atoms with E-state index in [-0.39, 0.29) is 36.0 Å². The van der Waals surface area contributed by atoms with Crippen LogP contribution in [0.15, 0.2) is 70.2 Å². The van der Waals surface area contributed by atoms with E-state index < -0.39 is 5.97 Å². The molecule has 8 rings (SSSR count). The number of ether oxygens (including phenoxy) is 2. The summed E-state index contributed by atoms with van der Waals surface area (Å²) in [6, 6.07) is 11.3. The van der Waals surface area contributed by atoms with Crippen LogP contribution in [0.1, 0.15) is 69.6 Å². The molecule has 0 fully saturated rings. The van der Waals surface area contributed by atoms with E-state index in [0.717, 1.165) is 40.2 Å². The third-order valence-corrected chi connectivity index (χ3v) is 7.91. The number of aromatic carboxylic acids is 1. The lowest BCUT2D eigenvalue weighted by Gasteiger charge is -2.10. The molecule has 1 amide bonds. The van der Waals surface area contributed by atoms with Crippen LogP contribution in [0.3, 0.4) is 0 Å². The molecular formula is C34H37ClN10O7. The van der Waals surface area contributed by atoms with E-state index >= 15 is 0 Å². The van der Waals surface area contributed by atoms with Crippen molar-refractivity contribution in [2.45, 2.75) is 38.8 Å². The highest BCUT2D eigenvalue weighted by Gasteiger charge is 2.27. The molecule has 0 saturated heterocycles. The smallest absolute Gasteiger partial charge is 0.338 e. The molecule has 4 N–H and O–H groups in total. The van der Waals surface area contributed by atoms with Crippen LogP contribution >= 0.6 is 12.4 Å². The number of aromatic nitrogens is 8. The molecule has 0 unspecified atom stereocenters. The van der Waals surface area contributed by atoms with Gasteiger partial charge in [-0.25, -0.2) is 4.79 Å². The molecule has 2 aromatic carbocycles. The van der Waals surface area contributed by atoms with Crippen LogP contribution in [0.25, 0.3) is 22.8 Å². The van der Waals surface area contributed by atoms with E-state index in [1.54, 1.807) is 25.0 Å². The predicted molar refractivity (Wildman–Crippen MR) is 187 cm³/mol. The maximum atomic E-state index is 12.3. The normalized spacial score (nSPS) is 15.0. The number of amides is 1. The number of aryl methyl sites for hydroxylation is 4. The van der Waals surface area contributed by atoms with Gasteiger partial charge < -0.3 is 34.7 Å². The Labute approximate surface area is 303 Å². The van der Waals surface area contributed by atoms with Crippen LogP contribution in [0, 0.1) is 0 Å². The number of carboxylic acid groups (broad SMARTS) is 1. The molecule has 272 valence electrons. The SMILES string of the molecule is CCc1nc(-c2ccc3c(c2)OC[C@H]3N)no1.CCc1nc(-c2ccc3c(c2)OC[C@H]3NC(=O)c2cnn(C)c2)no1.Cl.Cn1cc(C(=O)O)cn1. The minimum absolute atomic E-state index is 0. The molecule has 0 radical (unpaired) electrons. The van der Waals surface area contributed by atoms with Crippen LogP contribution in [0.4, 0.5) is 0 Å². The summed E-state index contributed by atoms with van der Waals surface area (Å²) in [4.78, 5) is 31.1. The van der Waals surface area contributed by atoms with Gasteiger partial charge in [-0.15, -0.1) is 12.4 Å². The Kier molecular flexibility index (Phi) is 11.7. The number of nitrogens with zero attached hydrogens (tertiary/aromatic N) is 8. The summed E-state index contributed by atoms with van der Waals surface area (Å²) >= 11 is 0. The van der Waals surface area contributed by atoms with Crippen LogP contribution in [-0.4, -0.2) is 70.0 Å². The monoisotopic (exact) mass is 732 g/mol. The second-order valence-electron chi connectivity index (χ2n) is 11.6. The number of benzene rings is 2. The Morgan fingerprint density at radius 3 is 1.83 bits per heavy atom. The Hall–Kier alpha value is -6.07. The van der Waals surface area contributed by atoms with E-state index in [0.29, 0.717) is 48.6 Å². The van der Waals surface area contributed by atoms with Gasteiger partial charge in [-0.3, -0.25) is 14.2 Å². The molecule has 2 aliphatic rings. The average molecular weight is 733 g/mol. The quantitative estimate of drug-likeness (QED) is 0.210. The lowest BCUT2D eigenvalue weighted by molar-refractivity contribution is 0.0696. The third kappa shape index (κ3) is 8.44. The largest absolute Gasteiger partial charge is 0.491 e. The molecule has 6 heterocycles. The van der Waals surface area contributed by atoms with Gasteiger partial charge in [0.25, 0.3) is 5.91 Å². The number of hydrogen-bond donors (Lipinski definition) is 3. The lowest BCUT2D eigenvalue weighted by Crippen LogP contribution is -2.29. The number of carbonyl (C=O) groups excluding carboxylic acids is 1. The number of carbonyl (C=O) groups is 2. The highest BCUT2D eigenvalue weighted by molar-refractivity contribution is 5.94. The maximum absolute atomic E-state index is 12.3. The Balaban J connectivity index is 0.000000167. The van der Waals surface area contributed by atoms with Gasteiger partial charge in [0.15, 0.2) is 0 Å². The number of nitrogens with one attached hydrogen (secondary N) is 1. The first-order chi connectivity index (χ1) is 24.6. The predicted octanol–water partition coefficient (Wildman–Crippen LogP) is 4.13. The number of fused-ring (bicyclic) bond motifs is 2. The van der Waals surface area contributed by atoms with Crippen molar-refractivity contribution in [2.75, 3.05) is 13.2 Å². The van der Waals surface area contributed by atoms with Crippen molar-refractivity contribution in [1.29, 1.82) is 0 Å². The molecule has 0 saturated carbocycles. The van der Waals surface area contributed by atoms with Crippen LogP contribution < -0.4 is 20.5 Å². The molecule has 6 aromatic rings. The number of halogens is 1. The highest BCUT2D eigenvalue weighted by Crippen LogP contribution is 2.36. The van der Waals surface area contributed by atoms with Crippen molar-refractivity contribution in [1.82, 2.24) is 45.2 Å². The zero-order valence-electron chi connectivity index (χ0n) is 28.7. The van der Waals surface area contributed by atoms with Gasteiger partial charge in [0, 0.05) is 61.6 Å². The molecule has 2 atom stereocenters. The standard InChI is InChI=1S/C17H17N5O3.C12H13N3O2.C5H6N2O2.ClH/c1-3-15-20-16(21-25-15)10-4-5-12-13(9-24-14(12)6-10)19-17(23)11-7-18-22(2)8-11;1-2-11-14-12(15-17-11)7-3-4-8-9(13)6-16-10(8)5-7;1-7-3-4(2-6-7)5(8)9;/h4-8,13H,3,9H2,1-2H3,(H,19,23);3-5,9H,2,6,13H2,1H3;2-3H,1H3,(H,8,9);1H/t13-;9-;;/m11../s1. The van der Waals surface area contributed by atoms with Gasteiger partial charge in [0.05, 0.1) is 35.6 Å². The first-order valence-corrected chi connectivity index (χ1v) is 16.1. The lowest BCUT2D eigenvalue weighted by atomic mass is 10.1. The van der Waals surface area contributed by atoms with Crippen molar-refractivity contribution < 1.29 is 33.2 Å². The topological polar surface area (TPSA) is 224 Å². The minimum atomic E-state index is -0.942. The zero-order chi connectivity index (χ0) is 36.1.